The summed E-state index contributed by atoms with van der Waals surface area (Å²) in [6.45, 7) is 8.16. The third-order valence-corrected chi connectivity index (χ3v) is 3.87. The first kappa shape index (κ1) is 14.5. The molecule has 0 aliphatic heterocycles. The summed E-state index contributed by atoms with van der Waals surface area (Å²) in [5.74, 6) is 0.441. The van der Waals surface area contributed by atoms with E-state index in [-0.39, 0.29) is 5.97 Å². The Balaban J connectivity index is 2.60. The number of esters is 1. The molecule has 0 fully saturated rings. The minimum Gasteiger partial charge on any atom is -0.465 e. The van der Waals surface area contributed by atoms with Gasteiger partial charge in [-0.15, -0.1) is 10.2 Å². The van der Waals surface area contributed by atoms with Crippen molar-refractivity contribution in [1.82, 2.24) is 14.6 Å². The molecule has 0 saturated heterocycles. The molecule has 2 aromatic rings. The smallest absolute Gasteiger partial charge is 0.319 e. The quantitative estimate of drug-likeness (QED) is 0.787. The van der Waals surface area contributed by atoms with Crippen LogP contribution in [-0.4, -0.2) is 27.2 Å². The van der Waals surface area contributed by atoms with Crippen molar-refractivity contribution < 1.29 is 9.53 Å². The van der Waals surface area contributed by atoms with Crippen molar-refractivity contribution in [2.75, 3.05) is 6.61 Å². The molecule has 0 N–H and O–H groups in total. The number of carbonyl (C=O) groups excluding carboxylic acids is 1. The molecular weight excluding hydrogens is 254 g/mol. The van der Waals surface area contributed by atoms with Crippen molar-refractivity contribution >= 4 is 11.6 Å². The van der Waals surface area contributed by atoms with Gasteiger partial charge in [0.15, 0.2) is 11.5 Å². The number of pyridine rings is 1. The van der Waals surface area contributed by atoms with E-state index < -0.39 is 5.41 Å². The molecule has 0 aliphatic rings. The number of aryl methyl sites for hydroxylation is 1. The lowest BCUT2D eigenvalue weighted by Crippen LogP contribution is -2.38. The first-order chi connectivity index (χ1) is 9.58. The topological polar surface area (TPSA) is 56.5 Å². The number of fused-ring (bicyclic) bond motifs is 1. The first-order valence-electron chi connectivity index (χ1n) is 7.08. The van der Waals surface area contributed by atoms with Crippen LogP contribution < -0.4 is 0 Å². The van der Waals surface area contributed by atoms with Gasteiger partial charge in [-0.25, -0.2) is 0 Å². The molecule has 0 saturated carbocycles. The van der Waals surface area contributed by atoms with E-state index in [1.165, 1.54) is 0 Å². The van der Waals surface area contributed by atoms with Crippen LogP contribution in [0.1, 0.15) is 45.0 Å². The van der Waals surface area contributed by atoms with Gasteiger partial charge in [0.05, 0.1) is 6.61 Å². The maximum absolute atomic E-state index is 12.4. The maximum Gasteiger partial charge on any atom is 0.319 e. The lowest BCUT2D eigenvalue weighted by atomic mass is 9.81. The molecule has 0 spiro atoms. The summed E-state index contributed by atoms with van der Waals surface area (Å²) in [6, 6.07) is 3.94. The molecule has 20 heavy (non-hydrogen) atoms. The number of hydrogen-bond donors (Lipinski definition) is 0. The lowest BCUT2D eigenvalue weighted by molar-refractivity contribution is -0.151. The number of rotatable bonds is 5. The Morgan fingerprint density at radius 1 is 1.30 bits per heavy atom. The normalized spacial score (nSPS) is 11.8. The number of aromatic nitrogens is 3. The zero-order valence-electron chi connectivity index (χ0n) is 12.5. The second kappa shape index (κ2) is 5.61. The molecule has 0 aliphatic carbocycles. The van der Waals surface area contributed by atoms with Gasteiger partial charge in [-0.05, 0) is 44.4 Å². The van der Waals surface area contributed by atoms with Gasteiger partial charge in [-0.1, -0.05) is 13.8 Å². The van der Waals surface area contributed by atoms with E-state index in [1.807, 2.05) is 50.4 Å². The van der Waals surface area contributed by atoms with Crippen molar-refractivity contribution in [3.63, 3.8) is 0 Å². The fourth-order valence-electron chi connectivity index (χ4n) is 2.53. The van der Waals surface area contributed by atoms with Crippen LogP contribution in [0.3, 0.4) is 0 Å². The number of carbonyl (C=O) groups is 1. The van der Waals surface area contributed by atoms with Crippen molar-refractivity contribution in [3.8, 4) is 0 Å². The predicted octanol–water partition coefficient (Wildman–Crippen LogP) is 2.66. The Bertz CT molecular complexity index is 615. The summed E-state index contributed by atoms with van der Waals surface area (Å²) in [7, 11) is 0. The largest absolute Gasteiger partial charge is 0.465 e. The van der Waals surface area contributed by atoms with E-state index >= 15 is 0 Å². The van der Waals surface area contributed by atoms with Crippen LogP contribution in [-0.2, 0) is 14.9 Å². The molecular formula is C15H21N3O2. The molecule has 0 amide bonds. The van der Waals surface area contributed by atoms with Gasteiger partial charge in [0.25, 0.3) is 0 Å². The van der Waals surface area contributed by atoms with E-state index in [4.69, 9.17) is 4.74 Å². The lowest BCUT2D eigenvalue weighted by Gasteiger charge is -2.27. The van der Waals surface area contributed by atoms with Crippen LogP contribution in [0.4, 0.5) is 0 Å². The van der Waals surface area contributed by atoms with Gasteiger partial charge in [0, 0.05) is 6.20 Å². The average molecular weight is 275 g/mol. The van der Waals surface area contributed by atoms with E-state index in [2.05, 4.69) is 10.2 Å². The first-order valence-corrected chi connectivity index (χ1v) is 7.08. The molecule has 108 valence electrons. The maximum atomic E-state index is 12.4. The highest BCUT2D eigenvalue weighted by Gasteiger charge is 2.42. The van der Waals surface area contributed by atoms with Gasteiger partial charge in [0.2, 0.25) is 0 Å². The molecule has 5 nitrogen and oxygen atoms in total. The summed E-state index contributed by atoms with van der Waals surface area (Å²) in [5, 5.41) is 8.46. The van der Waals surface area contributed by atoms with E-state index in [0.29, 0.717) is 25.3 Å². The fraction of sp³-hybridized carbons (Fsp3) is 0.533. The van der Waals surface area contributed by atoms with Crippen LogP contribution in [0.15, 0.2) is 18.3 Å². The van der Waals surface area contributed by atoms with Crippen LogP contribution in [0.25, 0.3) is 5.65 Å². The van der Waals surface area contributed by atoms with Gasteiger partial charge in [-0.3, -0.25) is 9.20 Å². The molecule has 2 aromatic heterocycles. The third-order valence-electron chi connectivity index (χ3n) is 3.87. The molecule has 0 radical (unpaired) electrons. The minimum absolute atomic E-state index is 0.222. The van der Waals surface area contributed by atoms with Crippen LogP contribution >= 0.6 is 0 Å². The van der Waals surface area contributed by atoms with E-state index in [9.17, 15) is 4.79 Å². The Morgan fingerprint density at radius 3 is 2.60 bits per heavy atom. The van der Waals surface area contributed by atoms with Crippen molar-refractivity contribution in [3.05, 3.63) is 29.7 Å². The Hall–Kier alpha value is -1.91. The Morgan fingerprint density at radius 2 is 2.00 bits per heavy atom. The van der Waals surface area contributed by atoms with Crippen LogP contribution in [0.5, 0.6) is 0 Å². The van der Waals surface area contributed by atoms with Crippen molar-refractivity contribution in [1.29, 1.82) is 0 Å². The highest BCUT2D eigenvalue weighted by Crippen LogP contribution is 2.32. The second-order valence-corrected chi connectivity index (χ2v) is 4.97. The molecule has 0 bridgehead atoms. The van der Waals surface area contributed by atoms with Gasteiger partial charge < -0.3 is 4.74 Å². The van der Waals surface area contributed by atoms with Gasteiger partial charge in [-0.2, -0.15) is 0 Å². The van der Waals surface area contributed by atoms with Crippen LogP contribution in [0.2, 0.25) is 0 Å². The monoisotopic (exact) mass is 275 g/mol. The number of hydrogen-bond acceptors (Lipinski definition) is 4. The minimum atomic E-state index is -0.731. The number of ether oxygens (including phenoxy) is 1. The number of nitrogens with zero attached hydrogens (tertiary/aromatic N) is 3. The fourth-order valence-corrected chi connectivity index (χ4v) is 2.53. The van der Waals surface area contributed by atoms with Crippen molar-refractivity contribution in [2.45, 2.75) is 46.0 Å². The van der Waals surface area contributed by atoms with Gasteiger partial charge >= 0.3 is 5.97 Å². The zero-order valence-corrected chi connectivity index (χ0v) is 12.5. The summed E-state index contributed by atoms with van der Waals surface area (Å²) < 4.78 is 7.15. The second-order valence-electron chi connectivity index (χ2n) is 4.97. The predicted molar refractivity (Wildman–Crippen MR) is 76.6 cm³/mol. The van der Waals surface area contributed by atoms with E-state index in [0.717, 1.165) is 11.2 Å². The summed E-state index contributed by atoms with van der Waals surface area (Å²) in [5.41, 5.74) is 1.15. The molecule has 0 aromatic carbocycles. The summed E-state index contributed by atoms with van der Waals surface area (Å²) in [4.78, 5) is 12.4. The Labute approximate surface area is 119 Å². The summed E-state index contributed by atoms with van der Waals surface area (Å²) >= 11 is 0. The SMILES string of the molecule is CCOC(=O)C(CC)(CC)c1nnc2cc(C)ccn12. The third kappa shape index (κ3) is 2.17. The van der Waals surface area contributed by atoms with Crippen molar-refractivity contribution in [2.24, 2.45) is 0 Å². The van der Waals surface area contributed by atoms with E-state index in [1.54, 1.807) is 0 Å². The standard InChI is InChI=1S/C15H21N3O2/c1-5-15(6-2,14(19)20-7-3)13-17-16-12-10-11(4)8-9-18(12)13/h8-10H,5-7H2,1-4H3. The molecule has 0 atom stereocenters. The summed E-state index contributed by atoms with van der Waals surface area (Å²) in [6.07, 6.45) is 3.19. The molecule has 0 unspecified atom stereocenters. The molecule has 2 heterocycles. The van der Waals surface area contributed by atoms with Crippen LogP contribution in [0, 0.1) is 6.92 Å². The Kier molecular flexibility index (Phi) is 4.06. The molecule has 5 heteroatoms. The average Bonchev–Trinajstić information content (AvgIpc) is 2.85. The highest BCUT2D eigenvalue weighted by atomic mass is 16.5. The van der Waals surface area contributed by atoms with Gasteiger partial charge in [0.1, 0.15) is 5.41 Å². The zero-order chi connectivity index (χ0) is 14.8. The molecule has 2 rings (SSSR count). The highest BCUT2D eigenvalue weighted by molar-refractivity contribution is 5.82.